The van der Waals surface area contributed by atoms with Crippen LogP contribution in [0.3, 0.4) is 0 Å². The summed E-state index contributed by atoms with van der Waals surface area (Å²) in [6.07, 6.45) is 1.64. The Kier molecular flexibility index (Phi) is 3.71. The van der Waals surface area contributed by atoms with Crippen molar-refractivity contribution in [3.8, 4) is 0 Å². The van der Waals surface area contributed by atoms with Crippen molar-refractivity contribution in [1.29, 1.82) is 0 Å². The lowest BCUT2D eigenvalue weighted by Crippen LogP contribution is -2.23. The van der Waals surface area contributed by atoms with Gasteiger partial charge in [0.25, 0.3) is 5.56 Å². The number of aromatic nitrogens is 3. The minimum absolute atomic E-state index is 0.0309. The summed E-state index contributed by atoms with van der Waals surface area (Å²) in [6, 6.07) is 1.53. The molecule has 0 saturated heterocycles. The molecule has 0 aliphatic heterocycles. The van der Waals surface area contributed by atoms with Gasteiger partial charge < -0.3 is 5.32 Å². The lowest BCUT2D eigenvalue weighted by molar-refractivity contribution is 0.565. The van der Waals surface area contributed by atoms with Crippen LogP contribution < -0.4 is 10.9 Å². The molecular weight excluding hydrogens is 260 g/mol. The van der Waals surface area contributed by atoms with Crippen molar-refractivity contribution in [1.82, 2.24) is 14.8 Å². The molecule has 0 spiro atoms. The summed E-state index contributed by atoms with van der Waals surface area (Å²) in [5.74, 6) is 0. The normalized spacial score (nSPS) is 11.6. The van der Waals surface area contributed by atoms with E-state index in [9.17, 15) is 4.79 Å². The van der Waals surface area contributed by atoms with Gasteiger partial charge in [0.1, 0.15) is 5.01 Å². The highest BCUT2D eigenvalue weighted by molar-refractivity contribution is 7.09. The molecule has 0 aromatic carbocycles. The molecule has 1 N–H and O–H groups in total. The molecule has 2 aromatic heterocycles. The molecular formula is C13H18N4OS. The van der Waals surface area contributed by atoms with Crippen molar-refractivity contribution >= 4 is 17.0 Å². The van der Waals surface area contributed by atoms with E-state index in [2.05, 4.69) is 36.2 Å². The SMILES string of the molecule is CNc1cnn(Cc2nc(C(C)(C)C)cs2)c(=O)c1. The third-order valence-electron chi connectivity index (χ3n) is 2.76. The Morgan fingerprint density at radius 1 is 1.42 bits per heavy atom. The molecule has 2 rings (SSSR count). The smallest absolute Gasteiger partial charge is 0.269 e. The van der Waals surface area contributed by atoms with Crippen LogP contribution in [-0.4, -0.2) is 21.8 Å². The van der Waals surface area contributed by atoms with Gasteiger partial charge in [0.2, 0.25) is 0 Å². The summed E-state index contributed by atoms with van der Waals surface area (Å²) in [6.45, 7) is 6.79. The van der Waals surface area contributed by atoms with Crippen LogP contribution in [0.25, 0.3) is 0 Å². The Hall–Kier alpha value is -1.69. The number of nitrogens with one attached hydrogen (secondary N) is 1. The van der Waals surface area contributed by atoms with E-state index in [0.29, 0.717) is 6.54 Å². The molecule has 0 amide bonds. The average Bonchev–Trinajstić information content (AvgIpc) is 2.80. The Balaban J connectivity index is 2.22. The predicted molar refractivity (Wildman–Crippen MR) is 78.0 cm³/mol. The van der Waals surface area contributed by atoms with Gasteiger partial charge in [-0.15, -0.1) is 11.3 Å². The van der Waals surface area contributed by atoms with Crippen molar-refractivity contribution in [2.24, 2.45) is 0 Å². The van der Waals surface area contributed by atoms with Crippen LogP contribution in [0.5, 0.6) is 0 Å². The third-order valence-corrected chi connectivity index (χ3v) is 3.60. The maximum atomic E-state index is 11.8. The van der Waals surface area contributed by atoms with Gasteiger partial charge in [0.15, 0.2) is 0 Å². The van der Waals surface area contributed by atoms with E-state index in [4.69, 9.17) is 0 Å². The number of anilines is 1. The van der Waals surface area contributed by atoms with E-state index in [1.165, 1.54) is 10.7 Å². The fraction of sp³-hybridized carbons (Fsp3) is 0.462. The molecule has 0 bridgehead atoms. The standard InChI is InChI=1S/C13H18N4OS/c1-13(2,3)10-8-19-11(16-10)7-17-12(18)5-9(14-4)6-15-17/h5-6,8,14H,7H2,1-4H3. The minimum Gasteiger partial charge on any atom is -0.387 e. The molecule has 0 aliphatic carbocycles. The molecule has 0 radical (unpaired) electrons. The van der Waals surface area contributed by atoms with Crippen molar-refractivity contribution in [3.63, 3.8) is 0 Å². The van der Waals surface area contributed by atoms with Gasteiger partial charge >= 0.3 is 0 Å². The summed E-state index contributed by atoms with van der Waals surface area (Å²) in [7, 11) is 1.76. The van der Waals surface area contributed by atoms with Gasteiger partial charge in [-0.25, -0.2) is 9.67 Å². The second-order valence-electron chi connectivity index (χ2n) is 5.37. The molecule has 2 heterocycles. The van der Waals surface area contributed by atoms with Gasteiger partial charge in [-0.3, -0.25) is 4.79 Å². The van der Waals surface area contributed by atoms with Gasteiger partial charge in [-0.05, 0) is 0 Å². The Morgan fingerprint density at radius 2 is 2.16 bits per heavy atom. The molecule has 0 saturated carbocycles. The molecule has 5 nitrogen and oxygen atoms in total. The Bertz CT molecular complexity index is 624. The van der Waals surface area contributed by atoms with Gasteiger partial charge in [-0.1, -0.05) is 20.8 Å². The first-order valence-corrected chi connectivity index (χ1v) is 6.98. The van der Waals surface area contributed by atoms with Crippen LogP contribution in [0.1, 0.15) is 31.5 Å². The first kappa shape index (κ1) is 13.7. The van der Waals surface area contributed by atoms with Gasteiger partial charge in [0.05, 0.1) is 24.1 Å². The second kappa shape index (κ2) is 5.13. The van der Waals surface area contributed by atoms with E-state index in [-0.39, 0.29) is 11.0 Å². The molecule has 0 fully saturated rings. The van der Waals surface area contributed by atoms with Crippen molar-refractivity contribution in [2.45, 2.75) is 32.7 Å². The monoisotopic (exact) mass is 278 g/mol. The van der Waals surface area contributed by atoms with E-state index in [0.717, 1.165) is 16.4 Å². The third kappa shape index (κ3) is 3.20. The maximum Gasteiger partial charge on any atom is 0.269 e. The molecule has 6 heteroatoms. The summed E-state index contributed by atoms with van der Waals surface area (Å²) in [5.41, 5.74) is 1.67. The summed E-state index contributed by atoms with van der Waals surface area (Å²) in [5, 5.41) is 9.96. The number of rotatable bonds is 3. The minimum atomic E-state index is -0.126. The fourth-order valence-electron chi connectivity index (χ4n) is 1.55. The second-order valence-corrected chi connectivity index (χ2v) is 6.31. The summed E-state index contributed by atoms with van der Waals surface area (Å²) >= 11 is 1.56. The molecule has 0 unspecified atom stereocenters. The highest BCUT2D eigenvalue weighted by atomic mass is 32.1. The zero-order valence-corrected chi connectivity index (χ0v) is 12.4. The lowest BCUT2D eigenvalue weighted by Gasteiger charge is -2.14. The highest BCUT2D eigenvalue weighted by Gasteiger charge is 2.17. The van der Waals surface area contributed by atoms with Crippen LogP contribution in [0.4, 0.5) is 5.69 Å². The fourth-order valence-corrected chi connectivity index (χ4v) is 2.55. The number of nitrogens with zero attached hydrogens (tertiary/aromatic N) is 3. The molecule has 0 atom stereocenters. The Morgan fingerprint density at radius 3 is 2.68 bits per heavy atom. The first-order chi connectivity index (χ1) is 8.90. The zero-order valence-electron chi connectivity index (χ0n) is 11.6. The Labute approximate surface area is 116 Å². The van der Waals surface area contributed by atoms with Crippen molar-refractivity contribution < 1.29 is 0 Å². The number of thiazole rings is 1. The van der Waals surface area contributed by atoms with Crippen LogP contribution in [0.2, 0.25) is 0 Å². The highest BCUT2D eigenvalue weighted by Crippen LogP contribution is 2.23. The van der Waals surface area contributed by atoms with Crippen LogP contribution >= 0.6 is 11.3 Å². The quantitative estimate of drug-likeness (QED) is 0.934. The number of hydrogen-bond acceptors (Lipinski definition) is 5. The summed E-state index contributed by atoms with van der Waals surface area (Å²) < 4.78 is 1.42. The summed E-state index contributed by atoms with van der Waals surface area (Å²) in [4.78, 5) is 16.4. The van der Waals surface area contributed by atoms with Crippen molar-refractivity contribution in [3.05, 3.63) is 38.7 Å². The lowest BCUT2D eigenvalue weighted by atomic mass is 9.93. The van der Waals surface area contributed by atoms with Gasteiger partial charge in [0, 0.05) is 23.9 Å². The maximum absolute atomic E-state index is 11.8. The zero-order chi connectivity index (χ0) is 14.0. The molecule has 2 aromatic rings. The topological polar surface area (TPSA) is 59.8 Å². The van der Waals surface area contributed by atoms with E-state index < -0.39 is 0 Å². The van der Waals surface area contributed by atoms with Crippen LogP contribution in [0, 0.1) is 0 Å². The van der Waals surface area contributed by atoms with E-state index in [1.54, 1.807) is 24.6 Å². The van der Waals surface area contributed by atoms with Crippen molar-refractivity contribution in [2.75, 3.05) is 12.4 Å². The van der Waals surface area contributed by atoms with E-state index >= 15 is 0 Å². The first-order valence-electron chi connectivity index (χ1n) is 6.10. The largest absolute Gasteiger partial charge is 0.387 e. The molecule has 19 heavy (non-hydrogen) atoms. The van der Waals surface area contributed by atoms with Gasteiger partial charge in [-0.2, -0.15) is 5.10 Å². The van der Waals surface area contributed by atoms with Crippen LogP contribution in [-0.2, 0) is 12.0 Å². The predicted octanol–water partition coefficient (Wildman–Crippen LogP) is 2.09. The van der Waals surface area contributed by atoms with Crippen LogP contribution in [0.15, 0.2) is 22.4 Å². The average molecular weight is 278 g/mol. The molecule has 102 valence electrons. The van der Waals surface area contributed by atoms with E-state index in [1.807, 2.05) is 5.38 Å². The number of hydrogen-bond donors (Lipinski definition) is 1. The molecule has 0 aliphatic rings.